The average Bonchev–Trinajstić information content (AvgIpc) is 2.46. The van der Waals surface area contributed by atoms with Gasteiger partial charge in [0.1, 0.15) is 0 Å². The lowest BCUT2D eigenvalue weighted by atomic mass is 10.1. The number of benzene rings is 2. The molecule has 2 aromatic carbocycles. The van der Waals surface area contributed by atoms with E-state index in [0.717, 1.165) is 30.0 Å². The molecule has 2 rings (SSSR count). The Hall–Kier alpha value is -2.21. The van der Waals surface area contributed by atoms with Crippen LogP contribution in [0.4, 0.5) is 24.5 Å². The third-order valence-electron chi connectivity index (χ3n) is 3.16. The summed E-state index contributed by atoms with van der Waals surface area (Å²) in [5.41, 5.74) is 0.538. The zero-order valence-corrected chi connectivity index (χ0v) is 13.2. The van der Waals surface area contributed by atoms with Gasteiger partial charge in [-0.05, 0) is 42.5 Å². The number of rotatable bonds is 3. The molecule has 0 radical (unpaired) electrons. The van der Waals surface area contributed by atoms with E-state index in [2.05, 4.69) is 5.32 Å². The molecule has 1 amide bonds. The summed E-state index contributed by atoms with van der Waals surface area (Å²) in [5, 5.41) is 3.10. The van der Waals surface area contributed by atoms with Gasteiger partial charge in [0.25, 0.3) is 5.91 Å². The van der Waals surface area contributed by atoms with Gasteiger partial charge in [-0.15, -0.1) is 0 Å². The number of nitrogens with one attached hydrogen (secondary N) is 1. The number of amides is 1. The van der Waals surface area contributed by atoms with E-state index >= 15 is 0 Å². The van der Waals surface area contributed by atoms with Crippen molar-refractivity contribution in [1.29, 1.82) is 0 Å². The van der Waals surface area contributed by atoms with E-state index in [-0.39, 0.29) is 5.56 Å². The van der Waals surface area contributed by atoms with Crippen LogP contribution in [0.5, 0.6) is 0 Å². The predicted octanol–water partition coefficient (Wildman–Crippen LogP) is 4.68. The molecule has 0 aliphatic rings. The Bertz CT molecular complexity index is 712. The highest BCUT2D eigenvalue weighted by Crippen LogP contribution is 2.30. The van der Waals surface area contributed by atoms with Crippen molar-refractivity contribution >= 4 is 28.9 Å². The maximum absolute atomic E-state index is 12.5. The molecule has 1 N–H and O–H groups in total. The highest BCUT2D eigenvalue weighted by atomic mass is 35.5. The van der Waals surface area contributed by atoms with Crippen LogP contribution in [0, 0.1) is 0 Å². The number of carbonyl (C=O) groups excluding carboxylic acids is 1. The van der Waals surface area contributed by atoms with E-state index in [0.29, 0.717) is 10.7 Å². The number of nitrogens with zero attached hydrogens (tertiary/aromatic N) is 1. The summed E-state index contributed by atoms with van der Waals surface area (Å²) in [7, 11) is 3.61. The van der Waals surface area contributed by atoms with E-state index in [1.54, 1.807) is 37.2 Å². The van der Waals surface area contributed by atoms with Gasteiger partial charge in [0.05, 0.1) is 16.9 Å². The van der Waals surface area contributed by atoms with Crippen LogP contribution in [0.2, 0.25) is 5.02 Å². The fourth-order valence-electron chi connectivity index (χ4n) is 2.00. The van der Waals surface area contributed by atoms with Crippen molar-refractivity contribution in [3.05, 3.63) is 58.6 Å². The van der Waals surface area contributed by atoms with E-state index in [4.69, 9.17) is 11.6 Å². The van der Waals surface area contributed by atoms with Gasteiger partial charge < -0.3 is 10.2 Å². The SMILES string of the molecule is CN(C)c1ccc(Cl)cc1NC(=O)c1ccc(C(F)(F)F)cc1. The molecule has 0 bridgehead atoms. The molecule has 0 spiro atoms. The summed E-state index contributed by atoms with van der Waals surface area (Å²) in [5.74, 6) is -0.510. The normalized spacial score (nSPS) is 11.2. The molecular formula is C16H14ClF3N2O. The van der Waals surface area contributed by atoms with Gasteiger partial charge in [-0.1, -0.05) is 11.6 Å². The number of alkyl halides is 3. The smallest absolute Gasteiger partial charge is 0.376 e. The fraction of sp³-hybridized carbons (Fsp3) is 0.188. The summed E-state index contributed by atoms with van der Waals surface area (Å²) in [6.45, 7) is 0. The molecule has 3 nitrogen and oxygen atoms in total. The molecule has 0 aliphatic carbocycles. The summed E-state index contributed by atoms with van der Waals surface area (Å²) >= 11 is 5.93. The summed E-state index contributed by atoms with van der Waals surface area (Å²) in [4.78, 5) is 14.0. The quantitative estimate of drug-likeness (QED) is 0.878. The van der Waals surface area contributed by atoms with Crippen LogP contribution in [0.15, 0.2) is 42.5 Å². The molecule has 0 heterocycles. The minimum absolute atomic E-state index is 0.127. The Kier molecular flexibility index (Phi) is 4.85. The number of carbonyl (C=O) groups is 1. The van der Waals surface area contributed by atoms with Crippen LogP contribution in [-0.4, -0.2) is 20.0 Å². The third-order valence-corrected chi connectivity index (χ3v) is 3.40. The number of hydrogen-bond acceptors (Lipinski definition) is 2. The van der Waals surface area contributed by atoms with Crippen LogP contribution >= 0.6 is 11.6 Å². The summed E-state index contributed by atoms with van der Waals surface area (Å²) in [6, 6.07) is 9.03. The Balaban J connectivity index is 2.24. The monoisotopic (exact) mass is 342 g/mol. The highest BCUT2D eigenvalue weighted by Gasteiger charge is 2.30. The molecular weight excluding hydrogens is 329 g/mol. The van der Waals surface area contributed by atoms with Gasteiger partial charge in [-0.2, -0.15) is 13.2 Å². The van der Waals surface area contributed by atoms with E-state index < -0.39 is 17.6 Å². The molecule has 0 saturated heterocycles. The van der Waals surface area contributed by atoms with E-state index in [9.17, 15) is 18.0 Å². The molecule has 0 saturated carbocycles. The van der Waals surface area contributed by atoms with Crippen LogP contribution in [-0.2, 0) is 6.18 Å². The lowest BCUT2D eigenvalue weighted by Crippen LogP contribution is -2.17. The van der Waals surface area contributed by atoms with Crippen LogP contribution in [0.25, 0.3) is 0 Å². The second-order valence-electron chi connectivity index (χ2n) is 5.09. The molecule has 2 aromatic rings. The van der Waals surface area contributed by atoms with Gasteiger partial charge in [0.15, 0.2) is 0 Å². The molecule has 0 unspecified atom stereocenters. The standard InChI is InChI=1S/C16H14ClF3N2O/c1-22(2)14-8-7-12(17)9-13(14)21-15(23)10-3-5-11(6-4-10)16(18,19)20/h3-9H,1-2H3,(H,21,23). The number of hydrogen-bond donors (Lipinski definition) is 1. The summed E-state index contributed by atoms with van der Waals surface area (Å²) in [6.07, 6.45) is -4.43. The van der Waals surface area contributed by atoms with Gasteiger partial charge in [-0.25, -0.2) is 0 Å². The molecule has 0 aromatic heterocycles. The van der Waals surface area contributed by atoms with Crippen LogP contribution in [0.1, 0.15) is 15.9 Å². The lowest BCUT2D eigenvalue weighted by molar-refractivity contribution is -0.137. The second kappa shape index (κ2) is 6.50. The number of anilines is 2. The molecule has 0 atom stereocenters. The Morgan fingerprint density at radius 3 is 2.22 bits per heavy atom. The van der Waals surface area contributed by atoms with Crippen molar-refractivity contribution in [2.75, 3.05) is 24.3 Å². The second-order valence-corrected chi connectivity index (χ2v) is 5.52. The van der Waals surface area contributed by atoms with Crippen molar-refractivity contribution < 1.29 is 18.0 Å². The van der Waals surface area contributed by atoms with Crippen molar-refractivity contribution in [3.63, 3.8) is 0 Å². The van der Waals surface area contributed by atoms with Gasteiger partial charge in [0, 0.05) is 24.7 Å². The topological polar surface area (TPSA) is 32.3 Å². The first-order chi connectivity index (χ1) is 10.7. The minimum Gasteiger partial charge on any atom is -0.376 e. The zero-order valence-electron chi connectivity index (χ0n) is 12.4. The average molecular weight is 343 g/mol. The molecule has 0 fully saturated rings. The fourth-order valence-corrected chi connectivity index (χ4v) is 2.18. The van der Waals surface area contributed by atoms with Gasteiger partial charge in [0.2, 0.25) is 0 Å². The van der Waals surface area contributed by atoms with Crippen LogP contribution in [0.3, 0.4) is 0 Å². The first-order valence-electron chi connectivity index (χ1n) is 6.64. The first-order valence-corrected chi connectivity index (χ1v) is 7.02. The molecule has 0 aliphatic heterocycles. The lowest BCUT2D eigenvalue weighted by Gasteiger charge is -2.18. The molecule has 23 heavy (non-hydrogen) atoms. The van der Waals surface area contributed by atoms with Gasteiger partial charge >= 0.3 is 6.18 Å². The van der Waals surface area contributed by atoms with Gasteiger partial charge in [-0.3, -0.25) is 4.79 Å². The number of halogens is 4. The molecule has 122 valence electrons. The molecule has 7 heteroatoms. The van der Waals surface area contributed by atoms with Crippen molar-refractivity contribution in [3.8, 4) is 0 Å². The first kappa shape index (κ1) is 17.1. The maximum atomic E-state index is 12.5. The zero-order chi connectivity index (χ0) is 17.2. The predicted molar refractivity (Wildman–Crippen MR) is 85.2 cm³/mol. The maximum Gasteiger partial charge on any atom is 0.416 e. The van der Waals surface area contributed by atoms with Crippen molar-refractivity contribution in [1.82, 2.24) is 0 Å². The van der Waals surface area contributed by atoms with Crippen molar-refractivity contribution in [2.45, 2.75) is 6.18 Å². The van der Waals surface area contributed by atoms with E-state index in [1.165, 1.54) is 0 Å². The summed E-state index contributed by atoms with van der Waals surface area (Å²) < 4.78 is 37.6. The van der Waals surface area contributed by atoms with Crippen molar-refractivity contribution in [2.24, 2.45) is 0 Å². The Labute approximate surface area is 136 Å². The minimum atomic E-state index is -4.43. The Morgan fingerprint density at radius 1 is 1.09 bits per heavy atom. The van der Waals surface area contributed by atoms with E-state index in [1.807, 2.05) is 0 Å². The third kappa shape index (κ3) is 4.16. The highest BCUT2D eigenvalue weighted by molar-refractivity contribution is 6.31. The largest absolute Gasteiger partial charge is 0.416 e. The van der Waals surface area contributed by atoms with Crippen LogP contribution < -0.4 is 10.2 Å². The Morgan fingerprint density at radius 2 is 1.70 bits per heavy atom.